The highest BCUT2D eigenvalue weighted by molar-refractivity contribution is 5.93. The summed E-state index contributed by atoms with van der Waals surface area (Å²) in [5, 5.41) is 21.7. The van der Waals surface area contributed by atoms with Gasteiger partial charge in [-0.15, -0.1) is 0 Å². The number of hydrogen-bond donors (Lipinski definition) is 3. The third kappa shape index (κ3) is 4.50. The van der Waals surface area contributed by atoms with E-state index in [0.717, 1.165) is 31.9 Å². The minimum absolute atomic E-state index is 0.681. The highest BCUT2D eigenvalue weighted by Gasteiger charge is 2.00. The van der Waals surface area contributed by atoms with Gasteiger partial charge in [-0.1, -0.05) is 48.5 Å². The van der Waals surface area contributed by atoms with E-state index in [4.69, 9.17) is 5.26 Å². The molecule has 0 saturated carbocycles. The maximum atomic E-state index is 9.06. The first kappa shape index (κ1) is 16.8. The van der Waals surface area contributed by atoms with Crippen LogP contribution < -0.4 is 16.0 Å². The number of fused-ring (bicyclic) bond motifs is 1. The number of rotatable bonds is 8. The van der Waals surface area contributed by atoms with E-state index in [2.05, 4.69) is 64.5 Å². The van der Waals surface area contributed by atoms with Gasteiger partial charge in [0.05, 0.1) is 11.3 Å². The van der Waals surface area contributed by atoms with Gasteiger partial charge in [0.2, 0.25) is 0 Å². The number of nitrogens with one attached hydrogen (secondary N) is 3. The zero-order valence-electron chi connectivity index (χ0n) is 14.1. The first-order valence-corrected chi connectivity index (χ1v) is 8.54. The molecular weight excluding hydrogens is 308 g/mol. The van der Waals surface area contributed by atoms with Gasteiger partial charge in [-0.25, -0.2) is 0 Å². The fourth-order valence-corrected chi connectivity index (χ4v) is 2.81. The zero-order chi connectivity index (χ0) is 17.3. The lowest BCUT2D eigenvalue weighted by molar-refractivity contribution is 0.719. The van der Waals surface area contributed by atoms with Gasteiger partial charge in [-0.3, -0.25) is 0 Å². The second-order valence-corrected chi connectivity index (χ2v) is 5.79. The average molecular weight is 330 g/mol. The van der Waals surface area contributed by atoms with Crippen molar-refractivity contribution in [3.05, 3.63) is 72.3 Å². The summed E-state index contributed by atoms with van der Waals surface area (Å²) in [6.07, 6.45) is 0. The molecule has 4 nitrogen and oxygen atoms in total. The predicted octanol–water partition coefficient (Wildman–Crippen LogP) is 3.83. The average Bonchev–Trinajstić information content (AvgIpc) is 2.67. The smallest absolute Gasteiger partial charge is 0.101 e. The highest BCUT2D eigenvalue weighted by Crippen LogP contribution is 2.22. The Morgan fingerprint density at radius 3 is 2.16 bits per heavy atom. The molecule has 0 unspecified atom stereocenters. The van der Waals surface area contributed by atoms with Crippen LogP contribution in [-0.4, -0.2) is 26.2 Å². The summed E-state index contributed by atoms with van der Waals surface area (Å²) in [4.78, 5) is 0. The Morgan fingerprint density at radius 1 is 0.680 bits per heavy atom. The lowest BCUT2D eigenvalue weighted by atomic mass is 10.1. The van der Waals surface area contributed by atoms with E-state index in [1.54, 1.807) is 0 Å². The Hall–Kier alpha value is -3.03. The lowest BCUT2D eigenvalue weighted by Gasteiger charge is -2.11. The Bertz CT molecular complexity index is 862. The number of anilines is 2. The Labute approximate surface area is 148 Å². The van der Waals surface area contributed by atoms with Gasteiger partial charge >= 0.3 is 0 Å². The van der Waals surface area contributed by atoms with Crippen molar-refractivity contribution in [2.45, 2.75) is 0 Å². The molecule has 0 fully saturated rings. The van der Waals surface area contributed by atoms with Crippen LogP contribution >= 0.6 is 0 Å². The molecule has 3 aromatic carbocycles. The predicted molar refractivity (Wildman–Crippen MR) is 105 cm³/mol. The van der Waals surface area contributed by atoms with Crippen LogP contribution in [0.1, 0.15) is 5.56 Å². The van der Waals surface area contributed by atoms with E-state index in [0.29, 0.717) is 5.56 Å². The number of para-hydroxylation sites is 1. The van der Waals surface area contributed by atoms with Crippen LogP contribution in [0, 0.1) is 11.3 Å². The standard InChI is InChI=1S/C21H22N4/c22-16-18-7-2-4-10-20(18)24-14-12-23-13-15-25-21-11-5-8-17-6-1-3-9-19(17)21/h1-11,23-25H,12-15H2. The second kappa shape index (κ2) is 8.72. The molecule has 25 heavy (non-hydrogen) atoms. The number of nitriles is 1. The molecule has 0 saturated heterocycles. The van der Waals surface area contributed by atoms with Crippen molar-refractivity contribution >= 4 is 22.1 Å². The molecule has 3 aromatic rings. The van der Waals surface area contributed by atoms with Crippen LogP contribution in [0.5, 0.6) is 0 Å². The van der Waals surface area contributed by atoms with Crippen molar-refractivity contribution in [2.75, 3.05) is 36.8 Å². The largest absolute Gasteiger partial charge is 0.383 e. The first-order chi connectivity index (χ1) is 12.4. The molecule has 0 aliphatic carbocycles. The molecular formula is C21H22N4. The summed E-state index contributed by atoms with van der Waals surface area (Å²) in [5.41, 5.74) is 2.74. The molecule has 0 aromatic heterocycles. The van der Waals surface area contributed by atoms with Crippen LogP contribution in [0.2, 0.25) is 0 Å². The minimum Gasteiger partial charge on any atom is -0.383 e. The number of benzene rings is 3. The van der Waals surface area contributed by atoms with E-state index in [9.17, 15) is 0 Å². The van der Waals surface area contributed by atoms with Crippen molar-refractivity contribution < 1.29 is 0 Å². The van der Waals surface area contributed by atoms with Gasteiger partial charge in [0.15, 0.2) is 0 Å². The molecule has 0 aliphatic heterocycles. The summed E-state index contributed by atoms with van der Waals surface area (Å²) >= 11 is 0. The van der Waals surface area contributed by atoms with Crippen LogP contribution in [-0.2, 0) is 0 Å². The molecule has 0 heterocycles. The van der Waals surface area contributed by atoms with Crippen LogP contribution in [0.3, 0.4) is 0 Å². The first-order valence-electron chi connectivity index (χ1n) is 8.54. The fraction of sp³-hybridized carbons (Fsp3) is 0.190. The summed E-state index contributed by atoms with van der Waals surface area (Å²) in [6.45, 7) is 3.37. The highest BCUT2D eigenvalue weighted by atomic mass is 15.0. The summed E-state index contributed by atoms with van der Waals surface area (Å²) < 4.78 is 0. The summed E-state index contributed by atoms with van der Waals surface area (Å²) in [7, 11) is 0. The van der Waals surface area contributed by atoms with E-state index in [-0.39, 0.29) is 0 Å². The van der Waals surface area contributed by atoms with Gasteiger partial charge < -0.3 is 16.0 Å². The van der Waals surface area contributed by atoms with E-state index in [1.807, 2.05) is 24.3 Å². The molecule has 3 N–H and O–H groups in total. The topological polar surface area (TPSA) is 59.9 Å². The molecule has 126 valence electrons. The third-order valence-electron chi connectivity index (χ3n) is 4.07. The van der Waals surface area contributed by atoms with Gasteiger partial charge in [-0.05, 0) is 23.6 Å². The zero-order valence-corrected chi connectivity index (χ0v) is 14.1. The van der Waals surface area contributed by atoms with Gasteiger partial charge in [-0.2, -0.15) is 5.26 Å². The van der Waals surface area contributed by atoms with Crippen molar-refractivity contribution in [1.82, 2.24) is 5.32 Å². The van der Waals surface area contributed by atoms with E-state index >= 15 is 0 Å². The van der Waals surface area contributed by atoms with Gasteiger partial charge in [0.25, 0.3) is 0 Å². The number of hydrogen-bond acceptors (Lipinski definition) is 4. The molecule has 0 amide bonds. The Morgan fingerprint density at radius 2 is 1.32 bits per heavy atom. The van der Waals surface area contributed by atoms with Gasteiger partial charge in [0, 0.05) is 37.3 Å². The quantitative estimate of drug-likeness (QED) is 0.550. The third-order valence-corrected chi connectivity index (χ3v) is 4.07. The molecule has 0 spiro atoms. The van der Waals surface area contributed by atoms with E-state index in [1.165, 1.54) is 16.5 Å². The van der Waals surface area contributed by atoms with Crippen molar-refractivity contribution in [2.24, 2.45) is 0 Å². The van der Waals surface area contributed by atoms with Crippen LogP contribution in [0.4, 0.5) is 11.4 Å². The van der Waals surface area contributed by atoms with Crippen LogP contribution in [0.15, 0.2) is 66.7 Å². The molecule has 3 rings (SSSR count). The Balaban J connectivity index is 1.38. The maximum Gasteiger partial charge on any atom is 0.101 e. The summed E-state index contributed by atoms with van der Waals surface area (Å²) in [5.74, 6) is 0. The minimum atomic E-state index is 0.681. The van der Waals surface area contributed by atoms with E-state index < -0.39 is 0 Å². The monoisotopic (exact) mass is 330 g/mol. The second-order valence-electron chi connectivity index (χ2n) is 5.79. The van der Waals surface area contributed by atoms with Crippen LogP contribution in [0.25, 0.3) is 10.8 Å². The molecule has 0 atom stereocenters. The molecule has 0 radical (unpaired) electrons. The van der Waals surface area contributed by atoms with Crippen molar-refractivity contribution in [3.63, 3.8) is 0 Å². The fourth-order valence-electron chi connectivity index (χ4n) is 2.81. The number of nitrogens with zero attached hydrogens (tertiary/aromatic N) is 1. The molecule has 4 heteroatoms. The van der Waals surface area contributed by atoms with Crippen molar-refractivity contribution in [1.29, 1.82) is 5.26 Å². The molecule has 0 aliphatic rings. The Kier molecular flexibility index (Phi) is 5.86. The normalized spacial score (nSPS) is 10.4. The SMILES string of the molecule is N#Cc1ccccc1NCCNCCNc1cccc2ccccc12. The maximum absolute atomic E-state index is 9.06. The molecule has 0 bridgehead atoms. The summed E-state index contributed by atoms with van der Waals surface area (Å²) in [6, 6.07) is 24.5. The lowest BCUT2D eigenvalue weighted by Crippen LogP contribution is -2.27. The van der Waals surface area contributed by atoms with Gasteiger partial charge in [0.1, 0.15) is 6.07 Å². The van der Waals surface area contributed by atoms with Crippen molar-refractivity contribution in [3.8, 4) is 6.07 Å².